The first-order valence-corrected chi connectivity index (χ1v) is 9.99. The topological polar surface area (TPSA) is 111 Å². The molecule has 0 spiro atoms. The number of allylic oxidation sites excluding steroid dienone is 3. The molecule has 0 radical (unpaired) electrons. The summed E-state index contributed by atoms with van der Waals surface area (Å²) in [5.41, 5.74) is 6.95. The van der Waals surface area contributed by atoms with Crippen LogP contribution in [-0.4, -0.2) is 39.5 Å². The number of rotatable bonds is 8. The van der Waals surface area contributed by atoms with Crippen molar-refractivity contribution in [1.29, 1.82) is 0 Å². The summed E-state index contributed by atoms with van der Waals surface area (Å²) in [4.78, 5) is 29.3. The van der Waals surface area contributed by atoms with Crippen molar-refractivity contribution in [2.24, 2.45) is 28.7 Å². The molecule has 8 nitrogen and oxygen atoms in total. The van der Waals surface area contributed by atoms with Gasteiger partial charge in [-0.05, 0) is 19.3 Å². The Labute approximate surface area is 185 Å². The number of amidine groups is 1. The van der Waals surface area contributed by atoms with Crippen molar-refractivity contribution in [3.8, 4) is 11.3 Å². The Balaban J connectivity index is 2.63. The molecule has 32 heavy (non-hydrogen) atoms. The third kappa shape index (κ3) is 5.51. The second-order valence-corrected chi connectivity index (χ2v) is 7.00. The van der Waals surface area contributed by atoms with Crippen molar-refractivity contribution >= 4 is 23.6 Å². The van der Waals surface area contributed by atoms with Gasteiger partial charge in [0.25, 0.3) is 5.91 Å². The van der Waals surface area contributed by atoms with Crippen molar-refractivity contribution < 1.29 is 13.6 Å². The molecule has 0 aliphatic carbocycles. The molecule has 2 aromatic heterocycles. The number of nitrogens with one attached hydrogen (secondary N) is 1. The van der Waals surface area contributed by atoms with Crippen molar-refractivity contribution in [2.45, 2.75) is 27.2 Å². The Morgan fingerprint density at radius 1 is 1.34 bits per heavy atom. The second-order valence-electron chi connectivity index (χ2n) is 7.00. The normalized spacial score (nSPS) is 14.5. The summed E-state index contributed by atoms with van der Waals surface area (Å²) < 4.78 is 30.0. The third-order valence-electron chi connectivity index (χ3n) is 4.88. The van der Waals surface area contributed by atoms with Crippen molar-refractivity contribution in [3.05, 3.63) is 53.9 Å². The van der Waals surface area contributed by atoms with E-state index >= 15 is 0 Å². The van der Waals surface area contributed by atoms with Gasteiger partial charge < -0.3 is 15.6 Å². The average Bonchev–Trinajstić information content (AvgIpc) is 3.20. The Kier molecular flexibility index (Phi) is 8.51. The molecule has 0 saturated heterocycles. The maximum Gasteiger partial charge on any atom is 0.261 e. The molecule has 2 aromatic rings. The van der Waals surface area contributed by atoms with E-state index in [2.05, 4.69) is 25.3 Å². The smallest absolute Gasteiger partial charge is 0.261 e. The van der Waals surface area contributed by atoms with Gasteiger partial charge in [0.1, 0.15) is 17.2 Å². The molecule has 3 N–H and O–H groups in total. The molecule has 170 valence electrons. The number of halogens is 2. The largest absolute Gasteiger partial charge is 0.383 e. The number of imidazole rings is 1. The van der Waals surface area contributed by atoms with E-state index in [9.17, 15) is 13.6 Å². The quantitative estimate of drug-likeness (QED) is 0.367. The van der Waals surface area contributed by atoms with Crippen LogP contribution in [0.1, 0.15) is 27.2 Å². The van der Waals surface area contributed by atoms with Gasteiger partial charge in [0.2, 0.25) is 0 Å². The van der Waals surface area contributed by atoms with Crippen molar-refractivity contribution in [2.75, 3.05) is 12.4 Å². The van der Waals surface area contributed by atoms with Crippen LogP contribution in [0.5, 0.6) is 0 Å². The SMILES string of the molecule is C\C=C(F)/C=N/C(=C(\C(=O)Nc1cncc(F)c1-c1cncn1C)C(N)=NC)C(C)CC. The highest BCUT2D eigenvalue weighted by Crippen LogP contribution is 2.30. The van der Waals surface area contributed by atoms with Gasteiger partial charge in [0.15, 0.2) is 5.82 Å². The van der Waals surface area contributed by atoms with Gasteiger partial charge in [0, 0.05) is 14.1 Å². The number of pyridine rings is 1. The summed E-state index contributed by atoms with van der Waals surface area (Å²) in [6.07, 6.45) is 8.23. The van der Waals surface area contributed by atoms with Gasteiger partial charge in [-0.15, -0.1) is 0 Å². The first kappa shape index (κ1) is 24.6. The zero-order valence-corrected chi connectivity index (χ0v) is 18.7. The van der Waals surface area contributed by atoms with Gasteiger partial charge >= 0.3 is 0 Å². The lowest BCUT2D eigenvalue weighted by molar-refractivity contribution is -0.112. The molecule has 0 aromatic carbocycles. The van der Waals surface area contributed by atoms with Crippen LogP contribution in [0.4, 0.5) is 14.5 Å². The second kappa shape index (κ2) is 11.1. The van der Waals surface area contributed by atoms with Crippen LogP contribution in [0.15, 0.2) is 58.1 Å². The number of hydrogen-bond donors (Lipinski definition) is 2. The highest BCUT2D eigenvalue weighted by atomic mass is 19.1. The Hall–Kier alpha value is -3.69. The maximum absolute atomic E-state index is 14.7. The number of hydrogen-bond acceptors (Lipinski definition) is 5. The van der Waals surface area contributed by atoms with Crippen LogP contribution in [0.2, 0.25) is 0 Å². The lowest BCUT2D eigenvalue weighted by Gasteiger charge is -2.17. The van der Waals surface area contributed by atoms with Crippen LogP contribution in [0.3, 0.4) is 0 Å². The van der Waals surface area contributed by atoms with Crippen LogP contribution in [0, 0.1) is 11.7 Å². The van der Waals surface area contributed by atoms with Gasteiger partial charge in [-0.25, -0.2) is 13.8 Å². The van der Waals surface area contributed by atoms with E-state index in [4.69, 9.17) is 5.73 Å². The monoisotopic (exact) mass is 443 g/mol. The Morgan fingerprint density at radius 3 is 2.62 bits per heavy atom. The summed E-state index contributed by atoms with van der Waals surface area (Å²) in [5, 5.41) is 2.66. The lowest BCUT2D eigenvalue weighted by Crippen LogP contribution is -2.29. The number of aliphatic imine (C=N–C) groups is 2. The van der Waals surface area contributed by atoms with Gasteiger partial charge in [-0.1, -0.05) is 19.9 Å². The zero-order valence-electron chi connectivity index (χ0n) is 18.7. The lowest BCUT2D eigenvalue weighted by atomic mass is 9.98. The Bertz CT molecular complexity index is 1100. The minimum absolute atomic E-state index is 0.0257. The molecule has 0 saturated carbocycles. The molecule has 0 fully saturated rings. The molecular weight excluding hydrogens is 416 g/mol. The minimum atomic E-state index is -0.669. The van der Waals surface area contributed by atoms with Crippen LogP contribution in [-0.2, 0) is 11.8 Å². The number of anilines is 1. The van der Waals surface area contributed by atoms with E-state index in [1.165, 1.54) is 38.8 Å². The van der Waals surface area contributed by atoms with Crippen LogP contribution >= 0.6 is 0 Å². The summed E-state index contributed by atoms with van der Waals surface area (Å²) in [7, 11) is 3.13. The minimum Gasteiger partial charge on any atom is -0.383 e. The predicted molar refractivity (Wildman–Crippen MR) is 122 cm³/mol. The fourth-order valence-electron chi connectivity index (χ4n) is 2.89. The number of amides is 1. The van der Waals surface area contributed by atoms with Crippen LogP contribution in [0.25, 0.3) is 11.3 Å². The van der Waals surface area contributed by atoms with E-state index in [1.807, 2.05) is 13.8 Å². The average molecular weight is 444 g/mol. The molecule has 0 aliphatic rings. The molecule has 1 amide bonds. The molecule has 0 bridgehead atoms. The number of carbonyl (C=O) groups excluding carboxylic acids is 1. The number of aryl methyl sites for hydroxylation is 1. The Morgan fingerprint density at radius 2 is 2.06 bits per heavy atom. The molecule has 2 heterocycles. The van der Waals surface area contributed by atoms with Crippen LogP contribution < -0.4 is 11.1 Å². The summed E-state index contributed by atoms with van der Waals surface area (Å²) in [5.74, 6) is -2.19. The van der Waals surface area contributed by atoms with E-state index in [0.29, 0.717) is 12.1 Å². The molecule has 2 rings (SSSR count). The highest BCUT2D eigenvalue weighted by molar-refractivity contribution is 6.25. The van der Waals surface area contributed by atoms with Gasteiger partial charge in [0.05, 0.1) is 53.8 Å². The predicted octanol–water partition coefficient (Wildman–Crippen LogP) is 3.79. The summed E-state index contributed by atoms with van der Waals surface area (Å²) >= 11 is 0. The maximum atomic E-state index is 14.7. The first-order chi connectivity index (χ1) is 15.2. The molecular formula is C22H27F2N7O. The number of nitrogens with two attached hydrogens (primary N) is 1. The van der Waals surface area contributed by atoms with Crippen molar-refractivity contribution in [3.63, 3.8) is 0 Å². The summed E-state index contributed by atoms with van der Waals surface area (Å²) in [6, 6.07) is 0. The van der Waals surface area contributed by atoms with Crippen molar-refractivity contribution in [1.82, 2.24) is 14.5 Å². The summed E-state index contributed by atoms with van der Waals surface area (Å²) in [6.45, 7) is 5.26. The highest BCUT2D eigenvalue weighted by Gasteiger charge is 2.24. The van der Waals surface area contributed by atoms with E-state index in [0.717, 1.165) is 12.4 Å². The molecule has 0 aliphatic heterocycles. The number of nitrogens with zero attached hydrogens (tertiary/aromatic N) is 5. The number of aromatic nitrogens is 3. The van der Waals surface area contributed by atoms with Gasteiger partial charge in [-0.2, -0.15) is 0 Å². The molecule has 1 unspecified atom stereocenters. The van der Waals surface area contributed by atoms with Gasteiger partial charge in [-0.3, -0.25) is 19.8 Å². The standard InChI is InChI=1S/C22H27F2N7O/c1-6-13(3)20(29-8-14(23)7-2)19(21(25)26-4)22(32)30-16-10-27-9-15(24)18(16)17-11-28-12-31(17)5/h7-13H,6H2,1-5H3,(H2,25,26)(H,30,32)/b14-7+,20-19-,29-8+. The fourth-order valence-corrected chi connectivity index (χ4v) is 2.89. The first-order valence-electron chi connectivity index (χ1n) is 9.99. The molecule has 1 atom stereocenters. The third-order valence-corrected chi connectivity index (χ3v) is 4.88. The number of carbonyl (C=O) groups is 1. The van der Waals surface area contributed by atoms with E-state index in [1.54, 1.807) is 11.6 Å². The fraction of sp³-hybridized carbons (Fsp3) is 0.318. The molecule has 10 heteroatoms. The zero-order chi connectivity index (χ0) is 23.8. The van der Waals surface area contributed by atoms with E-state index in [-0.39, 0.29) is 34.3 Å². The van der Waals surface area contributed by atoms with E-state index < -0.39 is 17.6 Å².